The van der Waals surface area contributed by atoms with Gasteiger partial charge in [0.1, 0.15) is 0 Å². The van der Waals surface area contributed by atoms with Crippen LogP contribution in [0.2, 0.25) is 0 Å². The summed E-state index contributed by atoms with van der Waals surface area (Å²) < 4.78 is 2.44. The first-order valence-corrected chi connectivity index (χ1v) is 15.3. The highest BCUT2D eigenvalue weighted by atomic mass is 79.9. The van der Waals surface area contributed by atoms with Crippen molar-refractivity contribution in [2.45, 2.75) is 122 Å². The van der Waals surface area contributed by atoms with Gasteiger partial charge in [0, 0.05) is 14.4 Å². The molecule has 3 rings (SSSR count). The van der Waals surface area contributed by atoms with Gasteiger partial charge in [-0.3, -0.25) is 0 Å². The average molecular weight is 577 g/mol. The van der Waals surface area contributed by atoms with Gasteiger partial charge in [-0.1, -0.05) is 148 Å². The molecule has 0 N–H and O–H groups in total. The molecule has 0 saturated heterocycles. The largest absolute Gasteiger partial charge is 0.0654 e. The van der Waals surface area contributed by atoms with Crippen molar-refractivity contribution in [2.24, 2.45) is 0 Å². The van der Waals surface area contributed by atoms with E-state index < -0.39 is 0 Å². The van der Waals surface area contributed by atoms with Crippen LogP contribution in [0.3, 0.4) is 0 Å². The Labute approximate surface area is 220 Å². The minimum atomic E-state index is 0.172. The predicted octanol–water partition coefficient (Wildman–Crippen LogP) is 11.8. The number of hydrogen-bond acceptors (Lipinski definition) is 0. The Morgan fingerprint density at radius 1 is 0.515 bits per heavy atom. The Hall–Kier alpha value is -0.600. The van der Waals surface area contributed by atoms with E-state index in [2.05, 4.69) is 82.1 Å². The van der Waals surface area contributed by atoms with Crippen LogP contribution in [0.5, 0.6) is 0 Å². The third-order valence-corrected chi connectivity index (χ3v) is 8.69. The van der Waals surface area contributed by atoms with E-state index in [-0.39, 0.29) is 5.41 Å². The summed E-state index contributed by atoms with van der Waals surface area (Å²) in [6, 6.07) is 14.0. The molecule has 2 heteroatoms. The van der Waals surface area contributed by atoms with Crippen LogP contribution in [0.15, 0.2) is 45.3 Å². The van der Waals surface area contributed by atoms with Crippen molar-refractivity contribution in [1.29, 1.82) is 0 Å². The lowest BCUT2D eigenvalue weighted by molar-refractivity contribution is 0.397. The van der Waals surface area contributed by atoms with Gasteiger partial charge in [-0.15, -0.1) is 0 Å². The first kappa shape index (κ1) is 27.0. The summed E-state index contributed by atoms with van der Waals surface area (Å²) in [5.41, 5.74) is 6.24. The Kier molecular flexibility index (Phi) is 11.5. The maximum atomic E-state index is 3.80. The first-order valence-electron chi connectivity index (χ1n) is 13.7. The van der Waals surface area contributed by atoms with Gasteiger partial charge >= 0.3 is 0 Å². The number of fused-ring (bicyclic) bond motifs is 3. The van der Waals surface area contributed by atoms with E-state index in [1.54, 1.807) is 11.1 Å². The number of unbranched alkanes of at least 4 members (excludes halogenated alkanes) is 12. The van der Waals surface area contributed by atoms with Crippen LogP contribution in [0.4, 0.5) is 0 Å². The van der Waals surface area contributed by atoms with Crippen molar-refractivity contribution in [1.82, 2.24) is 0 Å². The molecule has 1 aliphatic carbocycles. The molecule has 0 radical (unpaired) electrons. The summed E-state index contributed by atoms with van der Waals surface area (Å²) in [7, 11) is 0. The zero-order valence-corrected chi connectivity index (χ0v) is 24.2. The Bertz CT molecular complexity index is 782. The smallest absolute Gasteiger partial charge is 0.0216 e. The van der Waals surface area contributed by atoms with Crippen molar-refractivity contribution in [3.05, 3.63) is 56.5 Å². The average Bonchev–Trinajstić information content (AvgIpc) is 3.06. The van der Waals surface area contributed by atoms with Crippen molar-refractivity contribution < 1.29 is 0 Å². The van der Waals surface area contributed by atoms with Gasteiger partial charge in [0.25, 0.3) is 0 Å². The molecule has 2 aromatic carbocycles. The summed E-state index contributed by atoms with van der Waals surface area (Å²) in [6.07, 6.45) is 21.8. The fourth-order valence-electron chi connectivity index (χ4n) is 5.87. The highest BCUT2D eigenvalue weighted by Crippen LogP contribution is 2.55. The van der Waals surface area contributed by atoms with Crippen molar-refractivity contribution in [3.63, 3.8) is 0 Å². The predicted molar refractivity (Wildman–Crippen MR) is 153 cm³/mol. The molecule has 0 atom stereocenters. The van der Waals surface area contributed by atoms with Gasteiger partial charge in [-0.2, -0.15) is 0 Å². The van der Waals surface area contributed by atoms with Gasteiger partial charge in [0.2, 0.25) is 0 Å². The van der Waals surface area contributed by atoms with E-state index in [4.69, 9.17) is 0 Å². The third kappa shape index (κ3) is 7.20. The third-order valence-electron chi connectivity index (χ3n) is 7.70. The minimum Gasteiger partial charge on any atom is -0.0654 e. The Morgan fingerprint density at radius 3 is 1.27 bits per heavy atom. The van der Waals surface area contributed by atoms with E-state index in [9.17, 15) is 0 Å². The molecule has 0 heterocycles. The van der Waals surface area contributed by atoms with Gasteiger partial charge in [0.15, 0.2) is 0 Å². The molecular weight excluding hydrogens is 532 g/mol. The molecule has 0 saturated carbocycles. The topological polar surface area (TPSA) is 0 Å². The monoisotopic (exact) mass is 574 g/mol. The molecule has 0 fully saturated rings. The van der Waals surface area contributed by atoms with Crippen molar-refractivity contribution in [3.8, 4) is 11.1 Å². The van der Waals surface area contributed by atoms with Crippen LogP contribution < -0.4 is 0 Å². The molecule has 0 aromatic heterocycles. The van der Waals surface area contributed by atoms with Gasteiger partial charge in [0.05, 0.1) is 0 Å². The molecule has 182 valence electrons. The molecule has 0 unspecified atom stereocenters. The van der Waals surface area contributed by atoms with E-state index >= 15 is 0 Å². The van der Waals surface area contributed by atoms with Crippen molar-refractivity contribution >= 4 is 31.9 Å². The maximum absolute atomic E-state index is 3.80. The summed E-state index contributed by atoms with van der Waals surface area (Å²) in [6.45, 7) is 4.61. The summed E-state index contributed by atoms with van der Waals surface area (Å²) >= 11 is 7.60. The fraction of sp³-hybridized carbons (Fsp3) is 0.613. The summed E-state index contributed by atoms with van der Waals surface area (Å²) in [5, 5.41) is 0. The lowest BCUT2D eigenvalue weighted by atomic mass is 9.70. The second-order valence-electron chi connectivity index (χ2n) is 10.2. The lowest BCUT2D eigenvalue weighted by Crippen LogP contribution is -2.25. The summed E-state index contributed by atoms with van der Waals surface area (Å²) in [4.78, 5) is 0. The molecule has 2 aromatic rings. The molecule has 33 heavy (non-hydrogen) atoms. The van der Waals surface area contributed by atoms with Crippen LogP contribution in [0.25, 0.3) is 11.1 Å². The van der Waals surface area contributed by atoms with Crippen molar-refractivity contribution in [2.75, 3.05) is 0 Å². The number of halogens is 2. The van der Waals surface area contributed by atoms with E-state index in [1.807, 2.05) is 0 Å². The number of hydrogen-bond donors (Lipinski definition) is 0. The lowest BCUT2D eigenvalue weighted by Gasteiger charge is -2.33. The number of benzene rings is 2. The zero-order valence-electron chi connectivity index (χ0n) is 21.0. The highest BCUT2D eigenvalue weighted by Gasteiger charge is 2.42. The highest BCUT2D eigenvalue weighted by molar-refractivity contribution is 9.10. The van der Waals surface area contributed by atoms with Crippen LogP contribution in [-0.4, -0.2) is 0 Å². The van der Waals surface area contributed by atoms with Crippen LogP contribution in [0, 0.1) is 0 Å². The van der Waals surface area contributed by atoms with Crippen LogP contribution in [-0.2, 0) is 5.41 Å². The van der Waals surface area contributed by atoms with Gasteiger partial charge in [-0.05, 0) is 59.4 Å². The van der Waals surface area contributed by atoms with E-state index in [1.165, 1.54) is 123 Å². The summed E-state index contributed by atoms with van der Waals surface area (Å²) in [5.74, 6) is 0. The molecule has 1 aliphatic rings. The van der Waals surface area contributed by atoms with E-state index in [0.717, 1.165) is 0 Å². The van der Waals surface area contributed by atoms with Crippen LogP contribution >= 0.6 is 31.9 Å². The van der Waals surface area contributed by atoms with Gasteiger partial charge in [-0.25, -0.2) is 0 Å². The first-order chi connectivity index (χ1) is 16.1. The second kappa shape index (κ2) is 14.1. The SMILES string of the molecule is CCCCCCCCCC1(CCCCCCCCC)c2cc(Br)ccc2-c2ccc(Br)cc21. The molecular formula is C31H44Br2. The van der Waals surface area contributed by atoms with Crippen LogP contribution in [0.1, 0.15) is 128 Å². The maximum Gasteiger partial charge on any atom is 0.0216 e. The molecule has 0 nitrogen and oxygen atoms in total. The Balaban J connectivity index is 1.77. The molecule has 0 bridgehead atoms. The van der Waals surface area contributed by atoms with Gasteiger partial charge < -0.3 is 0 Å². The number of rotatable bonds is 16. The zero-order chi connectivity index (χ0) is 23.5. The molecule has 0 spiro atoms. The van der Waals surface area contributed by atoms with E-state index in [0.29, 0.717) is 0 Å². The molecule has 0 aliphatic heterocycles. The quantitative estimate of drug-likeness (QED) is 0.174. The normalized spacial score (nSPS) is 13.8. The fourth-order valence-corrected chi connectivity index (χ4v) is 6.59. The standard InChI is InChI=1S/C31H44Br2/c1-3-5-7-9-11-13-15-21-31(22-16-14-12-10-8-6-4-2)29-23-25(32)17-19-27(29)28-20-18-26(33)24-30(28)31/h17-20,23-24H,3-16,21-22H2,1-2H3. The Morgan fingerprint density at radius 2 is 0.879 bits per heavy atom. The second-order valence-corrected chi connectivity index (χ2v) is 12.0. The minimum absolute atomic E-state index is 0.172. The molecule has 0 amide bonds.